The Kier molecular flexibility index (Phi) is 5.80. The summed E-state index contributed by atoms with van der Waals surface area (Å²) in [4.78, 5) is 20.7. The molecule has 7 nitrogen and oxygen atoms in total. The van der Waals surface area contributed by atoms with E-state index in [1.807, 2.05) is 30.3 Å². The number of ether oxygens (including phenoxy) is 1. The van der Waals surface area contributed by atoms with Gasteiger partial charge in [-0.05, 0) is 36.6 Å². The topological polar surface area (TPSA) is 81.9 Å². The lowest BCUT2D eigenvalue weighted by molar-refractivity contribution is -0.127. The fraction of sp³-hybridized carbons (Fsp3) is 0.300. The second-order valence-electron chi connectivity index (χ2n) is 6.53. The van der Waals surface area contributed by atoms with Crippen molar-refractivity contribution >= 4 is 5.91 Å². The highest BCUT2D eigenvalue weighted by Gasteiger charge is 2.16. The first-order valence-corrected chi connectivity index (χ1v) is 8.88. The molecule has 0 bridgehead atoms. The third kappa shape index (κ3) is 4.69. The van der Waals surface area contributed by atoms with E-state index in [4.69, 9.17) is 4.74 Å². The van der Waals surface area contributed by atoms with Crippen molar-refractivity contribution in [3.05, 3.63) is 66.4 Å². The Morgan fingerprint density at radius 3 is 2.81 bits per heavy atom. The molecule has 0 saturated carbocycles. The molecule has 3 rings (SSSR count). The highest BCUT2D eigenvalue weighted by atomic mass is 16.5. The number of nitrogens with zero attached hydrogens (tertiary/aromatic N) is 4. The maximum Gasteiger partial charge on any atom is 0.261 e. The van der Waals surface area contributed by atoms with Gasteiger partial charge < -0.3 is 10.1 Å². The number of rotatable bonds is 7. The van der Waals surface area contributed by atoms with Crippen molar-refractivity contribution in [2.75, 3.05) is 0 Å². The summed E-state index contributed by atoms with van der Waals surface area (Å²) >= 11 is 0. The summed E-state index contributed by atoms with van der Waals surface area (Å²) in [5.41, 5.74) is 2.01. The molecule has 0 radical (unpaired) electrons. The number of pyridine rings is 1. The molecule has 2 aromatic heterocycles. The number of hydrogen-bond acceptors (Lipinski definition) is 5. The number of hydrogen-bond donors (Lipinski definition) is 1. The molecule has 0 fully saturated rings. The van der Waals surface area contributed by atoms with Crippen molar-refractivity contribution in [3.63, 3.8) is 0 Å². The fourth-order valence-corrected chi connectivity index (χ4v) is 2.62. The molecule has 3 aromatic rings. The average Bonchev–Trinajstić information content (AvgIpc) is 3.21. The number of benzene rings is 1. The van der Waals surface area contributed by atoms with Gasteiger partial charge in [0.05, 0.1) is 0 Å². The summed E-state index contributed by atoms with van der Waals surface area (Å²) in [5, 5.41) is 6.99. The molecule has 27 heavy (non-hydrogen) atoms. The summed E-state index contributed by atoms with van der Waals surface area (Å²) in [6.07, 6.45) is 4.08. The van der Waals surface area contributed by atoms with Gasteiger partial charge in [0, 0.05) is 18.3 Å². The monoisotopic (exact) mass is 365 g/mol. The second-order valence-corrected chi connectivity index (χ2v) is 6.53. The molecule has 1 unspecified atom stereocenters. The van der Waals surface area contributed by atoms with E-state index < -0.39 is 6.10 Å². The van der Waals surface area contributed by atoms with E-state index in [9.17, 15) is 4.79 Å². The molecular weight excluding hydrogens is 342 g/mol. The van der Waals surface area contributed by atoms with Gasteiger partial charge in [-0.25, -0.2) is 14.6 Å². The summed E-state index contributed by atoms with van der Waals surface area (Å²) in [6.45, 7) is 6.30. The van der Waals surface area contributed by atoms with Crippen LogP contribution in [0.5, 0.6) is 5.75 Å². The molecule has 0 spiro atoms. The number of amides is 1. The van der Waals surface area contributed by atoms with Gasteiger partial charge in [0.15, 0.2) is 11.9 Å². The lowest BCUT2D eigenvalue weighted by Crippen LogP contribution is -2.36. The summed E-state index contributed by atoms with van der Waals surface area (Å²) < 4.78 is 7.37. The van der Waals surface area contributed by atoms with Crippen LogP contribution in [0.4, 0.5) is 0 Å². The van der Waals surface area contributed by atoms with Gasteiger partial charge in [0.25, 0.3) is 5.91 Å². The Morgan fingerprint density at radius 2 is 2.07 bits per heavy atom. The molecule has 0 aliphatic carbocycles. The van der Waals surface area contributed by atoms with Crippen molar-refractivity contribution in [2.24, 2.45) is 0 Å². The van der Waals surface area contributed by atoms with E-state index in [-0.39, 0.29) is 5.91 Å². The third-order valence-electron chi connectivity index (χ3n) is 4.16. The zero-order valence-corrected chi connectivity index (χ0v) is 15.7. The van der Waals surface area contributed by atoms with Crippen LogP contribution in [0, 0.1) is 0 Å². The average molecular weight is 365 g/mol. The Bertz CT molecular complexity index is 893. The Labute approximate surface area is 158 Å². The summed E-state index contributed by atoms with van der Waals surface area (Å²) in [6, 6.07) is 11.5. The molecular formula is C20H23N5O2. The first kappa shape index (κ1) is 18.6. The van der Waals surface area contributed by atoms with Gasteiger partial charge in [-0.3, -0.25) is 4.79 Å². The molecule has 0 saturated heterocycles. The minimum atomic E-state index is -0.612. The number of nitrogens with one attached hydrogen (secondary N) is 1. The molecule has 0 aliphatic rings. The summed E-state index contributed by atoms with van der Waals surface area (Å²) in [7, 11) is 0. The van der Waals surface area contributed by atoms with E-state index in [2.05, 4.69) is 40.3 Å². The highest BCUT2D eigenvalue weighted by molar-refractivity contribution is 5.80. The number of carbonyl (C=O) groups is 1. The van der Waals surface area contributed by atoms with E-state index in [1.54, 1.807) is 24.1 Å². The van der Waals surface area contributed by atoms with Crippen molar-refractivity contribution in [3.8, 4) is 11.6 Å². The second kappa shape index (κ2) is 8.44. The first-order valence-electron chi connectivity index (χ1n) is 8.88. The van der Waals surface area contributed by atoms with E-state index in [0.717, 1.165) is 5.56 Å². The van der Waals surface area contributed by atoms with Crippen LogP contribution in [-0.2, 0) is 11.3 Å². The smallest absolute Gasteiger partial charge is 0.261 e. The van der Waals surface area contributed by atoms with Crippen LogP contribution in [0.3, 0.4) is 0 Å². The third-order valence-corrected chi connectivity index (χ3v) is 4.16. The van der Waals surface area contributed by atoms with Gasteiger partial charge in [-0.15, -0.1) is 0 Å². The van der Waals surface area contributed by atoms with Gasteiger partial charge in [-0.2, -0.15) is 5.10 Å². The maximum atomic E-state index is 12.4. The summed E-state index contributed by atoms with van der Waals surface area (Å²) in [5.74, 6) is 1.53. The normalized spacial score (nSPS) is 12.0. The first-order chi connectivity index (χ1) is 13.0. The highest BCUT2D eigenvalue weighted by Crippen LogP contribution is 2.21. The quantitative estimate of drug-likeness (QED) is 0.696. The van der Waals surface area contributed by atoms with E-state index in [1.165, 1.54) is 11.9 Å². The van der Waals surface area contributed by atoms with Gasteiger partial charge in [-0.1, -0.05) is 32.0 Å². The zero-order chi connectivity index (χ0) is 19.2. The maximum absolute atomic E-state index is 12.4. The molecule has 1 atom stereocenters. The standard InChI is InChI=1S/C20H23N5O2/c1-14(2)16-6-4-8-18(10-16)27-15(3)20(26)23-11-17-7-5-9-22-19(17)25-13-21-12-24-25/h4-10,12-15H,11H2,1-3H3,(H,23,26). The number of aromatic nitrogens is 4. The number of carbonyl (C=O) groups excluding carboxylic acids is 1. The van der Waals surface area contributed by atoms with Crippen LogP contribution in [-0.4, -0.2) is 31.8 Å². The van der Waals surface area contributed by atoms with E-state index in [0.29, 0.717) is 24.0 Å². The van der Waals surface area contributed by atoms with E-state index >= 15 is 0 Å². The molecule has 1 aromatic carbocycles. The van der Waals surface area contributed by atoms with Gasteiger partial charge >= 0.3 is 0 Å². The van der Waals surface area contributed by atoms with Crippen LogP contribution in [0.25, 0.3) is 5.82 Å². The van der Waals surface area contributed by atoms with Gasteiger partial charge in [0.1, 0.15) is 18.4 Å². The zero-order valence-electron chi connectivity index (χ0n) is 15.7. The SMILES string of the molecule is CC(Oc1cccc(C(C)C)c1)C(=O)NCc1cccnc1-n1cncn1. The minimum absolute atomic E-state index is 0.196. The molecule has 1 amide bonds. The van der Waals surface area contributed by atoms with Crippen LogP contribution < -0.4 is 10.1 Å². The van der Waals surface area contributed by atoms with Gasteiger partial charge in [0.2, 0.25) is 0 Å². The molecule has 140 valence electrons. The minimum Gasteiger partial charge on any atom is -0.481 e. The van der Waals surface area contributed by atoms with Crippen LogP contribution >= 0.6 is 0 Å². The van der Waals surface area contributed by atoms with Crippen molar-refractivity contribution in [2.45, 2.75) is 39.3 Å². The Hall–Kier alpha value is -3.22. The van der Waals surface area contributed by atoms with Crippen LogP contribution in [0.1, 0.15) is 37.8 Å². The van der Waals surface area contributed by atoms with Crippen molar-refractivity contribution < 1.29 is 9.53 Å². The Morgan fingerprint density at radius 1 is 1.22 bits per heavy atom. The van der Waals surface area contributed by atoms with Crippen molar-refractivity contribution in [1.82, 2.24) is 25.1 Å². The molecule has 7 heteroatoms. The fourth-order valence-electron chi connectivity index (χ4n) is 2.62. The lowest BCUT2D eigenvalue weighted by atomic mass is 10.0. The lowest BCUT2D eigenvalue weighted by Gasteiger charge is -2.16. The predicted molar refractivity (Wildman–Crippen MR) is 102 cm³/mol. The molecule has 1 N–H and O–H groups in total. The van der Waals surface area contributed by atoms with Crippen LogP contribution in [0.15, 0.2) is 55.2 Å². The largest absolute Gasteiger partial charge is 0.481 e. The Balaban J connectivity index is 1.62. The van der Waals surface area contributed by atoms with Crippen LogP contribution in [0.2, 0.25) is 0 Å². The molecule has 0 aliphatic heterocycles. The predicted octanol–water partition coefficient (Wildman–Crippen LogP) is 2.87. The molecule has 2 heterocycles. The van der Waals surface area contributed by atoms with Crippen molar-refractivity contribution in [1.29, 1.82) is 0 Å².